The third kappa shape index (κ3) is 1.97. The maximum atomic E-state index is 9.01. The number of likely N-dealkylation sites (tertiary alicyclic amines) is 1. The summed E-state index contributed by atoms with van der Waals surface area (Å²) in [5, 5.41) is 9.01. The summed E-state index contributed by atoms with van der Waals surface area (Å²) in [6.45, 7) is 8.60. The minimum Gasteiger partial charge on any atom is -0.396 e. The van der Waals surface area contributed by atoms with Crippen molar-refractivity contribution in [1.29, 1.82) is 0 Å². The van der Waals surface area contributed by atoms with Gasteiger partial charge in [0, 0.05) is 37.2 Å². The first-order valence-corrected chi connectivity index (χ1v) is 4.56. The van der Waals surface area contributed by atoms with Gasteiger partial charge in [-0.05, 0) is 20.8 Å². The van der Waals surface area contributed by atoms with Gasteiger partial charge in [0.15, 0.2) is 0 Å². The second-order valence-corrected chi connectivity index (χ2v) is 4.68. The van der Waals surface area contributed by atoms with Gasteiger partial charge in [-0.1, -0.05) is 0 Å². The minimum atomic E-state index is 0.147. The summed E-state index contributed by atoms with van der Waals surface area (Å²) in [5.41, 5.74) is 6.06. The lowest BCUT2D eigenvalue weighted by Crippen LogP contribution is -2.40. The van der Waals surface area contributed by atoms with Crippen molar-refractivity contribution in [2.75, 3.05) is 19.7 Å². The minimum absolute atomic E-state index is 0.147. The molecule has 1 unspecified atom stereocenters. The fourth-order valence-electron chi connectivity index (χ4n) is 1.64. The largest absolute Gasteiger partial charge is 0.396 e. The Morgan fingerprint density at radius 2 is 2.00 bits per heavy atom. The van der Waals surface area contributed by atoms with Gasteiger partial charge in [0.25, 0.3) is 0 Å². The first-order chi connectivity index (χ1) is 5.45. The molecule has 3 nitrogen and oxygen atoms in total. The fourth-order valence-corrected chi connectivity index (χ4v) is 1.64. The molecule has 1 fully saturated rings. The maximum absolute atomic E-state index is 9.01. The first-order valence-electron chi connectivity index (χ1n) is 4.56. The third-order valence-electron chi connectivity index (χ3n) is 2.67. The van der Waals surface area contributed by atoms with E-state index in [1.165, 1.54) is 0 Å². The van der Waals surface area contributed by atoms with Crippen molar-refractivity contribution in [3.63, 3.8) is 0 Å². The van der Waals surface area contributed by atoms with Crippen LogP contribution in [0.4, 0.5) is 0 Å². The van der Waals surface area contributed by atoms with E-state index in [-0.39, 0.29) is 24.1 Å². The molecule has 72 valence electrons. The third-order valence-corrected chi connectivity index (χ3v) is 2.67. The maximum Gasteiger partial charge on any atom is 0.0486 e. The van der Waals surface area contributed by atoms with Crippen LogP contribution in [0.3, 0.4) is 0 Å². The number of nitrogens with zero attached hydrogens (tertiary/aromatic N) is 1. The quantitative estimate of drug-likeness (QED) is 0.587. The van der Waals surface area contributed by atoms with Gasteiger partial charge in [0.1, 0.15) is 0 Å². The number of hydrogen-bond donors (Lipinski definition) is 2. The van der Waals surface area contributed by atoms with Crippen LogP contribution in [-0.4, -0.2) is 41.3 Å². The molecule has 0 aromatic carbocycles. The van der Waals surface area contributed by atoms with E-state index in [1.54, 1.807) is 0 Å². The van der Waals surface area contributed by atoms with Crippen molar-refractivity contribution >= 4 is 0 Å². The zero-order valence-corrected chi connectivity index (χ0v) is 8.25. The van der Waals surface area contributed by atoms with Gasteiger partial charge in [-0.25, -0.2) is 0 Å². The molecule has 3 N–H and O–H groups in total. The average Bonchev–Trinajstić information content (AvgIpc) is 2.29. The Morgan fingerprint density at radius 3 is 2.25 bits per heavy atom. The van der Waals surface area contributed by atoms with E-state index in [2.05, 4.69) is 25.7 Å². The number of hydrogen-bond acceptors (Lipinski definition) is 3. The molecule has 12 heavy (non-hydrogen) atoms. The molecule has 0 saturated carbocycles. The van der Waals surface area contributed by atoms with Gasteiger partial charge in [0.05, 0.1) is 0 Å². The lowest BCUT2D eigenvalue weighted by Gasteiger charge is -2.31. The van der Waals surface area contributed by atoms with Crippen molar-refractivity contribution in [2.45, 2.75) is 32.4 Å². The molecule has 0 amide bonds. The molecule has 1 heterocycles. The molecule has 0 aromatic heterocycles. The zero-order chi connectivity index (χ0) is 9.35. The highest BCUT2D eigenvalue weighted by Crippen LogP contribution is 2.23. The van der Waals surface area contributed by atoms with Gasteiger partial charge in [-0.3, -0.25) is 4.90 Å². The van der Waals surface area contributed by atoms with Crippen LogP contribution < -0.4 is 5.73 Å². The van der Waals surface area contributed by atoms with Crippen molar-refractivity contribution in [3.8, 4) is 0 Å². The molecule has 2 atom stereocenters. The van der Waals surface area contributed by atoms with Crippen LogP contribution in [0.2, 0.25) is 0 Å². The zero-order valence-electron chi connectivity index (χ0n) is 8.25. The van der Waals surface area contributed by atoms with Crippen LogP contribution in [-0.2, 0) is 0 Å². The van der Waals surface area contributed by atoms with Gasteiger partial charge < -0.3 is 10.8 Å². The lowest BCUT2D eigenvalue weighted by molar-refractivity contribution is 0.154. The molecule has 0 spiro atoms. The Balaban J connectivity index is 2.54. The van der Waals surface area contributed by atoms with Gasteiger partial charge >= 0.3 is 0 Å². The second kappa shape index (κ2) is 3.32. The van der Waals surface area contributed by atoms with E-state index < -0.39 is 0 Å². The molecule has 0 bridgehead atoms. The van der Waals surface area contributed by atoms with Crippen LogP contribution in [0.25, 0.3) is 0 Å². The molecule has 1 aliphatic rings. The summed E-state index contributed by atoms with van der Waals surface area (Å²) >= 11 is 0. The molecule has 1 saturated heterocycles. The predicted molar refractivity (Wildman–Crippen MR) is 49.9 cm³/mol. The number of aliphatic hydroxyl groups is 1. The average molecular weight is 172 g/mol. The summed E-state index contributed by atoms with van der Waals surface area (Å²) < 4.78 is 0. The molecule has 0 radical (unpaired) electrons. The summed E-state index contributed by atoms with van der Waals surface area (Å²) in [5.74, 6) is 0.268. The number of rotatable bonds is 1. The topological polar surface area (TPSA) is 49.5 Å². The van der Waals surface area contributed by atoms with E-state index in [9.17, 15) is 0 Å². The van der Waals surface area contributed by atoms with E-state index in [4.69, 9.17) is 10.8 Å². The lowest BCUT2D eigenvalue weighted by atomic mass is 10.1. The summed E-state index contributed by atoms with van der Waals surface area (Å²) in [6, 6.07) is 0.147. The molecule has 1 rings (SSSR count). The molecule has 0 aromatic rings. The van der Waals surface area contributed by atoms with Crippen LogP contribution in [0, 0.1) is 5.92 Å². The SMILES string of the molecule is CC(C)(C)N1CC(CO)[C@H](N)C1. The molecular formula is C9H20N2O. The van der Waals surface area contributed by atoms with Crippen molar-refractivity contribution < 1.29 is 5.11 Å². The summed E-state index contributed by atoms with van der Waals surface area (Å²) in [7, 11) is 0. The number of aliphatic hydroxyl groups excluding tert-OH is 1. The fraction of sp³-hybridized carbons (Fsp3) is 1.00. The molecular weight excluding hydrogens is 152 g/mol. The van der Waals surface area contributed by atoms with Crippen molar-refractivity contribution in [3.05, 3.63) is 0 Å². The van der Waals surface area contributed by atoms with Crippen LogP contribution in [0.15, 0.2) is 0 Å². The van der Waals surface area contributed by atoms with E-state index >= 15 is 0 Å². The smallest absolute Gasteiger partial charge is 0.0486 e. The Labute approximate surface area is 74.5 Å². The molecule has 0 aliphatic carbocycles. The normalized spacial score (nSPS) is 32.8. The standard InChI is InChI=1S/C9H20N2O/c1-9(2,3)11-4-7(6-12)8(10)5-11/h7-8,12H,4-6,10H2,1-3H3/t7?,8-/m1/s1. The van der Waals surface area contributed by atoms with Gasteiger partial charge in [0.2, 0.25) is 0 Å². The first kappa shape index (κ1) is 9.96. The Hall–Kier alpha value is -0.120. The predicted octanol–water partition coefficient (Wildman–Crippen LogP) is 0.0363. The van der Waals surface area contributed by atoms with Crippen LogP contribution in [0.1, 0.15) is 20.8 Å². The molecule has 1 aliphatic heterocycles. The Kier molecular flexibility index (Phi) is 2.76. The Morgan fingerprint density at radius 1 is 1.42 bits per heavy atom. The van der Waals surface area contributed by atoms with E-state index in [0.717, 1.165) is 13.1 Å². The molecule has 3 heteroatoms. The van der Waals surface area contributed by atoms with Crippen LogP contribution in [0.5, 0.6) is 0 Å². The second-order valence-electron chi connectivity index (χ2n) is 4.68. The summed E-state index contributed by atoms with van der Waals surface area (Å²) in [6.07, 6.45) is 0. The highest BCUT2D eigenvalue weighted by atomic mass is 16.3. The van der Waals surface area contributed by atoms with Crippen molar-refractivity contribution in [1.82, 2.24) is 4.90 Å². The monoisotopic (exact) mass is 172 g/mol. The highest BCUT2D eigenvalue weighted by molar-refractivity contribution is 4.91. The van der Waals surface area contributed by atoms with E-state index in [1.807, 2.05) is 0 Å². The summed E-state index contributed by atoms with van der Waals surface area (Å²) in [4.78, 5) is 2.33. The number of nitrogens with two attached hydrogens (primary N) is 1. The van der Waals surface area contributed by atoms with Gasteiger partial charge in [-0.15, -0.1) is 0 Å². The Bertz CT molecular complexity index is 153. The van der Waals surface area contributed by atoms with Crippen LogP contribution >= 0.6 is 0 Å². The van der Waals surface area contributed by atoms with E-state index in [0.29, 0.717) is 0 Å². The van der Waals surface area contributed by atoms with Crippen molar-refractivity contribution in [2.24, 2.45) is 11.7 Å². The van der Waals surface area contributed by atoms with Gasteiger partial charge in [-0.2, -0.15) is 0 Å². The highest BCUT2D eigenvalue weighted by Gasteiger charge is 2.34.